The first-order valence-corrected chi connectivity index (χ1v) is 7.41. The van der Waals surface area contributed by atoms with Crippen LogP contribution >= 0.6 is 0 Å². The Labute approximate surface area is 133 Å². The summed E-state index contributed by atoms with van der Waals surface area (Å²) < 4.78 is 27.6. The zero-order valence-electron chi connectivity index (χ0n) is 13.0. The first-order chi connectivity index (χ1) is 11.0. The molecule has 0 unspecified atom stereocenters. The SMILES string of the molecule is CN(C)c1ncccc1C(=O)N1CCCc2c(F)cc(F)cc21. The molecule has 0 saturated heterocycles. The summed E-state index contributed by atoms with van der Waals surface area (Å²) in [5.41, 5.74) is 1.11. The van der Waals surface area contributed by atoms with Crippen LogP contribution in [0.3, 0.4) is 0 Å². The van der Waals surface area contributed by atoms with E-state index < -0.39 is 11.6 Å². The van der Waals surface area contributed by atoms with E-state index in [1.165, 1.54) is 11.0 Å². The van der Waals surface area contributed by atoms with Crippen molar-refractivity contribution in [1.82, 2.24) is 4.98 Å². The monoisotopic (exact) mass is 317 g/mol. The second-order valence-electron chi connectivity index (χ2n) is 5.71. The second kappa shape index (κ2) is 5.95. The summed E-state index contributed by atoms with van der Waals surface area (Å²) in [7, 11) is 3.59. The minimum absolute atomic E-state index is 0.298. The molecule has 0 spiro atoms. The smallest absolute Gasteiger partial charge is 0.262 e. The van der Waals surface area contributed by atoms with Gasteiger partial charge >= 0.3 is 0 Å². The van der Waals surface area contributed by atoms with Crippen molar-refractivity contribution in [3.8, 4) is 0 Å². The molecule has 120 valence electrons. The van der Waals surface area contributed by atoms with Gasteiger partial charge in [0.2, 0.25) is 0 Å². The average Bonchev–Trinajstić information content (AvgIpc) is 2.53. The molecule has 2 heterocycles. The van der Waals surface area contributed by atoms with Crippen molar-refractivity contribution in [1.29, 1.82) is 0 Å². The van der Waals surface area contributed by atoms with Gasteiger partial charge in [0.1, 0.15) is 17.5 Å². The molecule has 23 heavy (non-hydrogen) atoms. The Balaban J connectivity index is 2.07. The first kappa shape index (κ1) is 15.4. The maximum Gasteiger partial charge on any atom is 0.262 e. The number of anilines is 2. The molecule has 1 aromatic heterocycles. The van der Waals surface area contributed by atoms with Crippen molar-refractivity contribution < 1.29 is 13.6 Å². The van der Waals surface area contributed by atoms with Gasteiger partial charge in [0, 0.05) is 38.5 Å². The topological polar surface area (TPSA) is 36.4 Å². The average molecular weight is 317 g/mol. The highest BCUT2D eigenvalue weighted by Crippen LogP contribution is 2.32. The molecule has 1 amide bonds. The maximum absolute atomic E-state index is 14.0. The van der Waals surface area contributed by atoms with Gasteiger partial charge in [0.05, 0.1) is 11.3 Å². The highest BCUT2D eigenvalue weighted by atomic mass is 19.1. The first-order valence-electron chi connectivity index (χ1n) is 7.41. The molecule has 0 bridgehead atoms. The molecule has 1 aliphatic heterocycles. The van der Waals surface area contributed by atoms with Crippen molar-refractivity contribution in [2.24, 2.45) is 0 Å². The lowest BCUT2D eigenvalue weighted by atomic mass is 10.00. The van der Waals surface area contributed by atoms with E-state index in [1.54, 1.807) is 37.3 Å². The van der Waals surface area contributed by atoms with Crippen LogP contribution in [-0.2, 0) is 6.42 Å². The number of aromatic nitrogens is 1. The number of amides is 1. The molecule has 2 aromatic rings. The van der Waals surface area contributed by atoms with Gasteiger partial charge in [0.15, 0.2) is 0 Å². The molecular weight excluding hydrogens is 300 g/mol. The van der Waals surface area contributed by atoms with Gasteiger partial charge in [-0.2, -0.15) is 0 Å². The van der Waals surface area contributed by atoms with Gasteiger partial charge in [0.25, 0.3) is 5.91 Å². The van der Waals surface area contributed by atoms with E-state index >= 15 is 0 Å². The number of nitrogens with zero attached hydrogens (tertiary/aromatic N) is 3. The number of rotatable bonds is 2. The molecule has 0 fully saturated rings. The molecule has 0 saturated carbocycles. The minimum atomic E-state index is -0.681. The number of fused-ring (bicyclic) bond motifs is 1. The maximum atomic E-state index is 14.0. The van der Waals surface area contributed by atoms with Crippen LogP contribution in [-0.4, -0.2) is 31.5 Å². The Hall–Kier alpha value is -2.50. The molecule has 0 atom stereocenters. The van der Waals surface area contributed by atoms with Gasteiger partial charge in [-0.3, -0.25) is 4.79 Å². The summed E-state index contributed by atoms with van der Waals surface area (Å²) >= 11 is 0. The summed E-state index contributed by atoms with van der Waals surface area (Å²) in [5.74, 6) is -1.05. The normalized spacial score (nSPS) is 13.7. The fraction of sp³-hybridized carbons (Fsp3) is 0.294. The van der Waals surface area contributed by atoms with E-state index in [9.17, 15) is 13.6 Å². The van der Waals surface area contributed by atoms with E-state index in [1.807, 2.05) is 0 Å². The van der Waals surface area contributed by atoms with Crippen LogP contribution in [0, 0.1) is 11.6 Å². The summed E-state index contributed by atoms with van der Waals surface area (Å²) in [5, 5.41) is 0. The molecule has 3 rings (SSSR count). The van der Waals surface area contributed by atoms with Crippen molar-refractivity contribution in [3.05, 3.63) is 53.2 Å². The lowest BCUT2D eigenvalue weighted by molar-refractivity contribution is 0.0985. The van der Waals surface area contributed by atoms with E-state index in [-0.39, 0.29) is 5.91 Å². The Bertz CT molecular complexity index is 761. The zero-order valence-corrected chi connectivity index (χ0v) is 13.0. The fourth-order valence-electron chi connectivity index (χ4n) is 2.89. The van der Waals surface area contributed by atoms with Gasteiger partial charge < -0.3 is 9.80 Å². The molecule has 0 N–H and O–H groups in total. The molecule has 1 aliphatic rings. The Morgan fingerprint density at radius 1 is 1.30 bits per heavy atom. The predicted octanol–water partition coefficient (Wildman–Crippen LogP) is 3.02. The van der Waals surface area contributed by atoms with Crippen molar-refractivity contribution in [2.45, 2.75) is 12.8 Å². The number of hydrogen-bond acceptors (Lipinski definition) is 3. The highest BCUT2D eigenvalue weighted by Gasteiger charge is 2.28. The molecule has 6 heteroatoms. The third-order valence-corrected chi connectivity index (χ3v) is 3.92. The Kier molecular flexibility index (Phi) is 3.98. The van der Waals surface area contributed by atoms with Crippen LogP contribution in [0.2, 0.25) is 0 Å². The van der Waals surface area contributed by atoms with Crippen molar-refractivity contribution in [2.75, 3.05) is 30.4 Å². The van der Waals surface area contributed by atoms with Crippen LogP contribution < -0.4 is 9.80 Å². The molecule has 1 aromatic carbocycles. The van der Waals surface area contributed by atoms with Gasteiger partial charge in [-0.05, 0) is 31.0 Å². The van der Waals surface area contributed by atoms with Crippen LogP contribution in [0.4, 0.5) is 20.3 Å². The van der Waals surface area contributed by atoms with E-state index in [0.717, 1.165) is 6.07 Å². The Morgan fingerprint density at radius 2 is 2.09 bits per heavy atom. The largest absolute Gasteiger partial charge is 0.362 e. The number of benzene rings is 1. The number of halogens is 2. The Morgan fingerprint density at radius 3 is 2.83 bits per heavy atom. The van der Waals surface area contributed by atoms with Crippen LogP contribution in [0.25, 0.3) is 0 Å². The zero-order chi connectivity index (χ0) is 16.6. The van der Waals surface area contributed by atoms with Crippen molar-refractivity contribution in [3.63, 3.8) is 0 Å². The standard InChI is InChI=1S/C17H17F2N3O/c1-21(2)16-13(5-3-7-20-16)17(23)22-8-4-6-12-14(19)9-11(18)10-15(12)22/h3,5,7,9-10H,4,6,8H2,1-2H3. The van der Waals surface area contributed by atoms with Crippen molar-refractivity contribution >= 4 is 17.4 Å². The molecular formula is C17H17F2N3O. The second-order valence-corrected chi connectivity index (χ2v) is 5.71. The minimum Gasteiger partial charge on any atom is -0.362 e. The van der Waals surface area contributed by atoms with Gasteiger partial charge in [-0.1, -0.05) is 0 Å². The number of hydrogen-bond donors (Lipinski definition) is 0. The fourth-order valence-corrected chi connectivity index (χ4v) is 2.89. The van der Waals surface area contributed by atoms with E-state index in [0.29, 0.717) is 42.0 Å². The molecule has 4 nitrogen and oxygen atoms in total. The quantitative estimate of drug-likeness (QED) is 0.854. The molecule has 0 aliphatic carbocycles. The summed E-state index contributed by atoms with van der Waals surface area (Å²) in [6.45, 7) is 0.427. The van der Waals surface area contributed by atoms with Crippen LogP contribution in [0.5, 0.6) is 0 Å². The van der Waals surface area contributed by atoms with Crippen LogP contribution in [0.15, 0.2) is 30.5 Å². The van der Waals surface area contributed by atoms with Gasteiger partial charge in [-0.15, -0.1) is 0 Å². The van der Waals surface area contributed by atoms with E-state index in [4.69, 9.17) is 0 Å². The number of carbonyl (C=O) groups excluding carboxylic acids is 1. The van der Waals surface area contributed by atoms with Gasteiger partial charge in [-0.25, -0.2) is 13.8 Å². The third kappa shape index (κ3) is 2.76. The lowest BCUT2D eigenvalue weighted by Crippen LogP contribution is -2.37. The predicted molar refractivity (Wildman–Crippen MR) is 84.9 cm³/mol. The third-order valence-electron chi connectivity index (χ3n) is 3.92. The highest BCUT2D eigenvalue weighted by molar-refractivity contribution is 6.09. The summed E-state index contributed by atoms with van der Waals surface area (Å²) in [4.78, 5) is 20.3. The molecule has 0 radical (unpaired) electrons. The number of pyridine rings is 1. The summed E-state index contributed by atoms with van der Waals surface area (Å²) in [6, 6.07) is 5.44. The summed E-state index contributed by atoms with van der Waals surface area (Å²) in [6.07, 6.45) is 2.74. The lowest BCUT2D eigenvalue weighted by Gasteiger charge is -2.30. The van der Waals surface area contributed by atoms with E-state index in [2.05, 4.69) is 4.98 Å². The van der Waals surface area contributed by atoms with Crippen LogP contribution in [0.1, 0.15) is 22.3 Å². The number of carbonyl (C=O) groups is 1.